The number of hydrogen-bond acceptors (Lipinski definition) is 1. The largest absolute Gasteiger partial charge is 1.00 e. The second-order valence-corrected chi connectivity index (χ2v) is 2.50. The Bertz CT molecular complexity index is 301. The summed E-state index contributed by atoms with van der Waals surface area (Å²) in [4.78, 5) is 4.17. The number of allylic oxidation sites excluding steroid dienone is 1. The van der Waals surface area contributed by atoms with Crippen molar-refractivity contribution in [2.24, 2.45) is 0 Å². The summed E-state index contributed by atoms with van der Waals surface area (Å²) in [5.74, 6) is 0. The van der Waals surface area contributed by atoms with Crippen LogP contribution < -0.4 is 51.4 Å². The van der Waals surface area contributed by atoms with Crippen LogP contribution in [0.15, 0.2) is 19.0 Å². The topological polar surface area (TPSA) is 17.8 Å². The van der Waals surface area contributed by atoms with E-state index in [1.165, 1.54) is 0 Å². The van der Waals surface area contributed by atoms with Gasteiger partial charge in [-0.25, -0.2) is 0 Å². The summed E-state index contributed by atoms with van der Waals surface area (Å²) in [7, 11) is 3.77. The molecular weight excluding hydrogens is 211 g/mol. The Kier molecular flexibility index (Phi) is 12.6. The molecule has 3 heteroatoms. The van der Waals surface area contributed by atoms with Crippen molar-refractivity contribution in [2.45, 2.75) is 27.2 Å². The van der Waals surface area contributed by atoms with Crippen LogP contribution in [0.1, 0.15) is 38.6 Å². The van der Waals surface area contributed by atoms with Crippen molar-refractivity contribution in [3.63, 3.8) is 0 Å². The summed E-state index contributed by atoms with van der Waals surface area (Å²) in [5.41, 5.74) is 1.89. The summed E-state index contributed by atoms with van der Waals surface area (Å²) < 4.78 is 1.71. The van der Waals surface area contributed by atoms with E-state index >= 15 is 0 Å². The molecule has 0 aliphatic heterocycles. The van der Waals surface area contributed by atoms with Crippen LogP contribution in [-0.2, 0) is 0 Å². The second-order valence-electron chi connectivity index (χ2n) is 2.50. The van der Waals surface area contributed by atoms with Crippen molar-refractivity contribution >= 4 is 12.2 Å². The maximum atomic E-state index is 4.17. The molecule has 0 aromatic carbocycles. The van der Waals surface area contributed by atoms with Gasteiger partial charge >= 0.3 is 51.4 Å². The van der Waals surface area contributed by atoms with E-state index in [9.17, 15) is 0 Å². The SMILES string of the molecule is C=Cc1c(/C=C\CC)ncn1[CH2-].CC.[K+]. The summed E-state index contributed by atoms with van der Waals surface area (Å²) in [6, 6.07) is 0. The number of aromatic nitrogens is 2. The van der Waals surface area contributed by atoms with Crippen LogP contribution in [0.4, 0.5) is 0 Å². The van der Waals surface area contributed by atoms with Crippen molar-refractivity contribution in [2.75, 3.05) is 0 Å². The monoisotopic (exact) mass is 230 g/mol. The Balaban J connectivity index is 0. The fourth-order valence-electron chi connectivity index (χ4n) is 0.987. The number of imidazole rings is 1. The molecule has 0 aliphatic rings. The van der Waals surface area contributed by atoms with E-state index in [-0.39, 0.29) is 51.4 Å². The van der Waals surface area contributed by atoms with Gasteiger partial charge in [0.2, 0.25) is 0 Å². The van der Waals surface area contributed by atoms with E-state index in [1.807, 2.05) is 19.9 Å². The van der Waals surface area contributed by atoms with Crippen LogP contribution in [0.5, 0.6) is 0 Å². The first-order valence-electron chi connectivity index (χ1n) is 4.96. The predicted molar refractivity (Wildman–Crippen MR) is 63.7 cm³/mol. The third-order valence-electron chi connectivity index (χ3n) is 1.61. The van der Waals surface area contributed by atoms with Crippen LogP contribution >= 0.6 is 0 Å². The molecule has 0 atom stereocenters. The average molecular weight is 230 g/mol. The molecule has 0 fully saturated rings. The van der Waals surface area contributed by atoms with E-state index in [1.54, 1.807) is 17.0 Å². The second kappa shape index (κ2) is 10.7. The Morgan fingerprint density at radius 1 is 1.53 bits per heavy atom. The van der Waals surface area contributed by atoms with Gasteiger partial charge in [-0.3, -0.25) is 0 Å². The minimum Gasteiger partial charge on any atom is -0.471 e. The Morgan fingerprint density at radius 2 is 2.13 bits per heavy atom. The molecule has 0 unspecified atom stereocenters. The molecule has 0 saturated heterocycles. The molecule has 0 spiro atoms. The zero-order valence-electron chi connectivity index (χ0n) is 10.3. The average Bonchev–Trinajstić information content (AvgIpc) is 2.59. The molecule has 0 saturated carbocycles. The van der Waals surface area contributed by atoms with Gasteiger partial charge in [0.25, 0.3) is 0 Å². The molecule has 78 valence electrons. The third kappa shape index (κ3) is 5.73. The van der Waals surface area contributed by atoms with E-state index in [2.05, 4.69) is 31.6 Å². The minimum atomic E-state index is 0. The van der Waals surface area contributed by atoms with Gasteiger partial charge < -0.3 is 9.55 Å². The maximum absolute atomic E-state index is 4.17. The van der Waals surface area contributed by atoms with Crippen molar-refractivity contribution in [1.29, 1.82) is 0 Å². The van der Waals surface area contributed by atoms with E-state index in [0.717, 1.165) is 17.8 Å². The van der Waals surface area contributed by atoms with Crippen molar-refractivity contribution < 1.29 is 51.4 Å². The number of hydrogen-bond donors (Lipinski definition) is 0. The minimum absolute atomic E-state index is 0. The maximum Gasteiger partial charge on any atom is 1.00 e. The molecule has 1 rings (SSSR count). The van der Waals surface area contributed by atoms with Gasteiger partial charge in [-0.15, -0.1) is 13.6 Å². The number of rotatable bonds is 3. The summed E-state index contributed by atoms with van der Waals surface area (Å²) in [5, 5.41) is 0. The molecule has 0 N–H and O–H groups in total. The first kappa shape index (κ1) is 17.6. The molecule has 15 heavy (non-hydrogen) atoms. The molecule has 0 bridgehead atoms. The molecule has 1 heterocycles. The Labute approximate surface area is 136 Å². The van der Waals surface area contributed by atoms with Crippen LogP contribution in [0.25, 0.3) is 12.2 Å². The first-order valence-corrected chi connectivity index (χ1v) is 4.96. The van der Waals surface area contributed by atoms with Crippen LogP contribution in [0, 0.1) is 7.05 Å². The molecule has 2 nitrogen and oxygen atoms in total. The molecule has 1 aromatic heterocycles. The predicted octanol–water partition coefficient (Wildman–Crippen LogP) is 0.619. The normalized spacial score (nSPS) is 9.00. The summed E-state index contributed by atoms with van der Waals surface area (Å²) in [6.07, 6.45) is 8.51. The van der Waals surface area contributed by atoms with Gasteiger partial charge in [-0.1, -0.05) is 39.0 Å². The first-order chi connectivity index (χ1) is 6.79. The zero-order valence-corrected chi connectivity index (χ0v) is 13.4. The smallest absolute Gasteiger partial charge is 0.471 e. The van der Waals surface area contributed by atoms with Gasteiger partial charge in [0.15, 0.2) is 0 Å². The summed E-state index contributed by atoms with van der Waals surface area (Å²) in [6.45, 7) is 9.79. The summed E-state index contributed by atoms with van der Waals surface area (Å²) >= 11 is 0. The van der Waals surface area contributed by atoms with Gasteiger partial charge in [-0.2, -0.15) is 0 Å². The standard InChI is InChI=1S/C10H13N2.C2H6.K/c1-4-6-7-9-10(5-2)12(3)8-11-9;1-2;/h5-8H,2-4H2,1H3;1-2H3;/q-1;;+1/b7-6-;;. The van der Waals surface area contributed by atoms with Crippen LogP contribution in [-0.4, -0.2) is 9.55 Å². The van der Waals surface area contributed by atoms with Crippen LogP contribution in [0.2, 0.25) is 0 Å². The Hall–Kier alpha value is 0.196. The molecule has 0 aliphatic carbocycles. The van der Waals surface area contributed by atoms with E-state index in [4.69, 9.17) is 0 Å². The zero-order chi connectivity index (χ0) is 11.0. The van der Waals surface area contributed by atoms with E-state index < -0.39 is 0 Å². The molecule has 0 amide bonds. The third-order valence-corrected chi connectivity index (χ3v) is 1.61. The van der Waals surface area contributed by atoms with Crippen LogP contribution in [0.3, 0.4) is 0 Å². The van der Waals surface area contributed by atoms with Gasteiger partial charge in [-0.05, 0) is 18.4 Å². The van der Waals surface area contributed by atoms with Crippen molar-refractivity contribution in [3.8, 4) is 0 Å². The number of nitrogens with zero attached hydrogens (tertiary/aromatic N) is 2. The van der Waals surface area contributed by atoms with Gasteiger partial charge in [0.05, 0.1) is 0 Å². The molecular formula is C12H19KN2. The molecule has 1 aromatic rings. The van der Waals surface area contributed by atoms with Crippen molar-refractivity contribution in [1.82, 2.24) is 9.55 Å². The van der Waals surface area contributed by atoms with Gasteiger partial charge in [0.1, 0.15) is 0 Å². The quantitative estimate of drug-likeness (QED) is 0.550. The molecule has 0 radical (unpaired) electrons. The van der Waals surface area contributed by atoms with Gasteiger partial charge in [0, 0.05) is 5.69 Å². The van der Waals surface area contributed by atoms with Crippen molar-refractivity contribution in [3.05, 3.63) is 37.4 Å². The Morgan fingerprint density at radius 3 is 2.60 bits per heavy atom. The van der Waals surface area contributed by atoms with E-state index in [0.29, 0.717) is 0 Å². The fourth-order valence-corrected chi connectivity index (χ4v) is 0.987. The fraction of sp³-hybridized carbons (Fsp3) is 0.333.